The first-order valence-electron chi connectivity index (χ1n) is 9.70. The van der Waals surface area contributed by atoms with E-state index in [9.17, 15) is 19.5 Å². The van der Waals surface area contributed by atoms with Crippen molar-refractivity contribution in [3.8, 4) is 0 Å². The van der Waals surface area contributed by atoms with Crippen LogP contribution in [0.4, 0.5) is 0 Å². The molecule has 28 heavy (non-hydrogen) atoms. The second kappa shape index (κ2) is 12.9. The van der Waals surface area contributed by atoms with Gasteiger partial charge in [0, 0.05) is 6.42 Å². The fraction of sp³-hybridized carbons (Fsp3) is 0.778. The van der Waals surface area contributed by atoms with Gasteiger partial charge in [-0.15, -0.1) is 0 Å². The number of carbonyl (C=O) groups excluding carboxylic acids is 3. The number of amides is 2. The Morgan fingerprint density at radius 3 is 1.96 bits per heavy atom. The molecule has 0 heterocycles. The van der Waals surface area contributed by atoms with Crippen LogP contribution in [0.15, 0.2) is 0 Å². The van der Waals surface area contributed by atoms with Gasteiger partial charge in [-0.3, -0.25) is 26.0 Å². The Hall–Kier alpha value is -2.36. The van der Waals surface area contributed by atoms with Gasteiger partial charge in [-0.05, 0) is 31.1 Å². The van der Waals surface area contributed by atoms with Crippen molar-refractivity contribution < 1.29 is 30.2 Å². The summed E-state index contributed by atoms with van der Waals surface area (Å²) in [5, 5.41) is 16.5. The van der Waals surface area contributed by atoms with Crippen LogP contribution in [0, 0.1) is 11.8 Å². The average Bonchev–Trinajstić information content (AvgIpc) is 2.55. The summed E-state index contributed by atoms with van der Waals surface area (Å²) in [7, 11) is 0. The molecule has 0 aliphatic heterocycles. The largest absolute Gasteiger partial charge is 0.548 e. The fourth-order valence-corrected chi connectivity index (χ4v) is 2.73. The van der Waals surface area contributed by atoms with Crippen LogP contribution in [0.5, 0.6) is 0 Å². The first kappa shape index (κ1) is 25.6. The van der Waals surface area contributed by atoms with Crippen molar-refractivity contribution in [1.29, 1.82) is 0 Å². The molecule has 0 aliphatic rings. The number of rotatable bonds is 13. The van der Waals surface area contributed by atoms with Gasteiger partial charge in [-0.2, -0.15) is 0 Å². The van der Waals surface area contributed by atoms with Crippen LogP contribution in [0.3, 0.4) is 0 Å². The number of hydrogen-bond acceptors (Lipinski definition) is 4. The second-order valence-corrected chi connectivity index (χ2v) is 7.92. The number of carboxylic acids is 1. The molecule has 0 bridgehead atoms. The van der Waals surface area contributed by atoms with Crippen LogP contribution in [0.2, 0.25) is 0 Å². The Labute approximate surface area is 166 Å². The SMILES string of the molecule is CC(C)C[C@H](NC(=O)[C@H](CCC[NH+]=C(N)N)NC(=O)[C@@H]([NH3+])CC(C)C)C(=O)[O-]. The highest BCUT2D eigenvalue weighted by Gasteiger charge is 2.27. The van der Waals surface area contributed by atoms with E-state index in [-0.39, 0.29) is 36.5 Å². The highest BCUT2D eigenvalue weighted by Crippen LogP contribution is 2.07. The third-order valence-corrected chi connectivity index (χ3v) is 4.07. The zero-order chi connectivity index (χ0) is 21.9. The molecule has 2 amide bonds. The molecule has 0 fully saturated rings. The van der Waals surface area contributed by atoms with E-state index in [4.69, 9.17) is 11.5 Å². The molecular weight excluding hydrogens is 364 g/mol. The lowest BCUT2D eigenvalue weighted by Crippen LogP contribution is -2.78. The molecule has 0 radical (unpaired) electrons. The Morgan fingerprint density at radius 2 is 1.50 bits per heavy atom. The lowest BCUT2D eigenvalue weighted by atomic mass is 10.0. The van der Waals surface area contributed by atoms with E-state index in [0.717, 1.165) is 0 Å². The highest BCUT2D eigenvalue weighted by molar-refractivity contribution is 5.91. The number of nitrogens with two attached hydrogens (primary N) is 2. The van der Waals surface area contributed by atoms with Crippen LogP contribution >= 0.6 is 0 Å². The van der Waals surface area contributed by atoms with Crippen molar-refractivity contribution in [2.45, 2.75) is 71.5 Å². The van der Waals surface area contributed by atoms with E-state index in [2.05, 4.69) is 21.4 Å². The molecule has 162 valence electrons. The molecule has 0 saturated carbocycles. The van der Waals surface area contributed by atoms with Crippen LogP contribution in [-0.4, -0.2) is 48.4 Å². The highest BCUT2D eigenvalue weighted by atomic mass is 16.4. The van der Waals surface area contributed by atoms with Gasteiger partial charge in [0.15, 0.2) is 6.04 Å². The second-order valence-electron chi connectivity index (χ2n) is 7.92. The summed E-state index contributed by atoms with van der Waals surface area (Å²) < 4.78 is 0. The van der Waals surface area contributed by atoms with Crippen LogP contribution in [0.25, 0.3) is 0 Å². The minimum Gasteiger partial charge on any atom is -0.548 e. The molecule has 0 aromatic carbocycles. The maximum atomic E-state index is 12.6. The number of carbonyl (C=O) groups is 3. The minimum absolute atomic E-state index is 0.0544. The molecule has 0 unspecified atom stereocenters. The Kier molecular flexibility index (Phi) is 11.8. The predicted molar refractivity (Wildman–Crippen MR) is 103 cm³/mol. The van der Waals surface area contributed by atoms with E-state index in [1.54, 1.807) is 0 Å². The number of carboxylic acid groups (broad SMARTS) is 1. The van der Waals surface area contributed by atoms with E-state index >= 15 is 0 Å². The Balaban J connectivity index is 5.12. The van der Waals surface area contributed by atoms with Crippen molar-refractivity contribution in [2.75, 3.05) is 6.54 Å². The molecule has 10 N–H and O–H groups in total. The van der Waals surface area contributed by atoms with Gasteiger partial charge in [0.25, 0.3) is 5.91 Å². The van der Waals surface area contributed by atoms with Crippen molar-refractivity contribution in [3.05, 3.63) is 0 Å². The minimum atomic E-state index is -1.35. The summed E-state index contributed by atoms with van der Waals surface area (Å²) in [5.74, 6) is -1.87. The topological polar surface area (TPSA) is 192 Å². The summed E-state index contributed by atoms with van der Waals surface area (Å²) in [6.07, 6.45) is 1.59. The number of hydrogen-bond donors (Lipinski definition) is 6. The smallest absolute Gasteiger partial charge is 0.338 e. The van der Waals surface area contributed by atoms with Gasteiger partial charge in [0.1, 0.15) is 6.04 Å². The third kappa shape index (κ3) is 11.4. The molecule has 0 rings (SSSR count). The molecule has 0 aromatic rings. The lowest BCUT2D eigenvalue weighted by Gasteiger charge is -2.25. The zero-order valence-electron chi connectivity index (χ0n) is 17.4. The standard InChI is InChI=1S/C18H36N6O4/c1-10(2)8-12(19)15(25)23-13(6-5-7-22-18(20)21)16(26)24-14(17(27)28)9-11(3)4/h10-14H,5-9,19H2,1-4H3,(H,23,25)(H,24,26)(H,27,28)(H4,20,21,22)/p+1/t12-,13-,14-/m0/s1. The number of aliphatic carboxylic acids is 1. The van der Waals surface area contributed by atoms with Gasteiger partial charge in [0.2, 0.25) is 5.91 Å². The summed E-state index contributed by atoms with van der Waals surface area (Å²) >= 11 is 0. The molecular formula is C18H37N6O4+. The summed E-state index contributed by atoms with van der Waals surface area (Å²) in [4.78, 5) is 39.1. The van der Waals surface area contributed by atoms with E-state index in [1.165, 1.54) is 0 Å². The number of guanidine groups is 1. The maximum absolute atomic E-state index is 12.6. The first-order valence-corrected chi connectivity index (χ1v) is 9.70. The maximum Gasteiger partial charge on any atom is 0.338 e. The van der Waals surface area contributed by atoms with Crippen molar-refractivity contribution in [3.63, 3.8) is 0 Å². The summed E-state index contributed by atoms with van der Waals surface area (Å²) in [6.45, 7) is 8.06. The van der Waals surface area contributed by atoms with Crippen LogP contribution in [0.1, 0.15) is 53.4 Å². The molecule has 10 heteroatoms. The molecule has 0 aromatic heterocycles. The van der Waals surface area contributed by atoms with Crippen molar-refractivity contribution in [1.82, 2.24) is 10.6 Å². The van der Waals surface area contributed by atoms with Crippen LogP contribution < -0.4 is 37.9 Å². The van der Waals surface area contributed by atoms with E-state index in [0.29, 0.717) is 19.4 Å². The zero-order valence-corrected chi connectivity index (χ0v) is 17.4. The Bertz CT molecular complexity index is 546. The summed E-state index contributed by atoms with van der Waals surface area (Å²) in [5.41, 5.74) is 14.5. The quantitative estimate of drug-likeness (QED) is 0.102. The van der Waals surface area contributed by atoms with Gasteiger partial charge in [0.05, 0.1) is 18.6 Å². The van der Waals surface area contributed by atoms with E-state index in [1.807, 2.05) is 27.7 Å². The number of nitrogens with one attached hydrogen (secondary N) is 3. The average molecular weight is 402 g/mol. The monoisotopic (exact) mass is 401 g/mol. The van der Waals surface area contributed by atoms with Gasteiger partial charge >= 0.3 is 5.96 Å². The Morgan fingerprint density at radius 1 is 0.964 bits per heavy atom. The molecule has 0 spiro atoms. The van der Waals surface area contributed by atoms with E-state index < -0.39 is 30.0 Å². The van der Waals surface area contributed by atoms with Gasteiger partial charge in [-0.25, -0.2) is 0 Å². The molecule has 0 aliphatic carbocycles. The number of quaternary nitrogens is 1. The molecule has 0 saturated heterocycles. The lowest BCUT2D eigenvalue weighted by molar-refractivity contribution is -0.459. The summed E-state index contributed by atoms with van der Waals surface area (Å²) in [6, 6.07) is -2.52. The predicted octanol–water partition coefficient (Wildman–Crippen LogP) is -4.46. The fourth-order valence-electron chi connectivity index (χ4n) is 2.73. The van der Waals surface area contributed by atoms with Gasteiger partial charge < -0.3 is 26.3 Å². The first-order chi connectivity index (χ1) is 12.9. The van der Waals surface area contributed by atoms with Crippen molar-refractivity contribution >= 4 is 23.7 Å². The third-order valence-electron chi connectivity index (χ3n) is 4.07. The molecule has 3 atom stereocenters. The van der Waals surface area contributed by atoms with Crippen molar-refractivity contribution in [2.24, 2.45) is 23.3 Å². The molecule has 10 nitrogen and oxygen atoms in total. The van der Waals surface area contributed by atoms with Crippen LogP contribution in [-0.2, 0) is 14.4 Å². The normalized spacial score (nSPS) is 14.2. The van der Waals surface area contributed by atoms with Gasteiger partial charge in [-0.1, -0.05) is 27.7 Å².